The van der Waals surface area contributed by atoms with Crippen molar-refractivity contribution >= 4 is 33.9 Å². The minimum Gasteiger partial charge on any atom is -0.457 e. The Balaban J connectivity index is 1.65. The molecule has 7 heteroatoms. The van der Waals surface area contributed by atoms with E-state index in [0.29, 0.717) is 27.7 Å². The summed E-state index contributed by atoms with van der Waals surface area (Å²) in [4.78, 5) is 28.8. The third-order valence-corrected chi connectivity index (χ3v) is 5.09. The van der Waals surface area contributed by atoms with E-state index < -0.39 is 10.9 Å². The van der Waals surface area contributed by atoms with Gasteiger partial charge in [0.05, 0.1) is 26.6 Å². The summed E-state index contributed by atoms with van der Waals surface area (Å²) in [6.45, 7) is -0.0501. The molecule has 0 radical (unpaired) electrons. The summed E-state index contributed by atoms with van der Waals surface area (Å²) in [5.74, 6) is -0.497. The van der Waals surface area contributed by atoms with Crippen molar-refractivity contribution in [3.05, 3.63) is 93.4 Å². The van der Waals surface area contributed by atoms with Gasteiger partial charge in [-0.15, -0.1) is 11.3 Å². The van der Waals surface area contributed by atoms with Crippen LogP contribution in [0.5, 0.6) is 0 Å². The molecule has 0 saturated heterocycles. The zero-order valence-electron chi connectivity index (χ0n) is 14.6. The predicted octanol–water partition coefficient (Wildman–Crippen LogP) is 5.23. The fraction of sp³-hybridized carbons (Fsp3) is 0.0476. The number of ether oxygens (including phenoxy) is 1. The van der Waals surface area contributed by atoms with Gasteiger partial charge in [-0.25, -0.2) is 9.78 Å². The smallest absolute Gasteiger partial charge is 0.339 e. The molecule has 0 aliphatic rings. The van der Waals surface area contributed by atoms with Crippen molar-refractivity contribution in [3.63, 3.8) is 0 Å². The minimum absolute atomic E-state index is 0.0390. The Kier molecular flexibility index (Phi) is 4.82. The third-order valence-electron chi connectivity index (χ3n) is 4.20. The molecule has 0 amide bonds. The number of carbonyl (C=O) groups is 1. The predicted molar refractivity (Wildman–Crippen MR) is 107 cm³/mol. The number of nitrogens with zero attached hydrogens (tertiary/aromatic N) is 2. The van der Waals surface area contributed by atoms with Gasteiger partial charge in [-0.05, 0) is 29.1 Å². The summed E-state index contributed by atoms with van der Waals surface area (Å²) >= 11 is 1.54. The first kappa shape index (κ1) is 17.8. The van der Waals surface area contributed by atoms with Crippen LogP contribution in [0, 0.1) is 10.1 Å². The van der Waals surface area contributed by atoms with Crippen molar-refractivity contribution in [1.82, 2.24) is 4.98 Å². The van der Waals surface area contributed by atoms with Crippen molar-refractivity contribution in [1.29, 1.82) is 0 Å². The van der Waals surface area contributed by atoms with E-state index in [4.69, 9.17) is 4.74 Å². The number of hydrogen-bond donors (Lipinski definition) is 0. The zero-order chi connectivity index (χ0) is 19.5. The third kappa shape index (κ3) is 3.60. The quantitative estimate of drug-likeness (QED) is 0.265. The molecule has 2 aromatic heterocycles. The molecule has 4 aromatic rings. The van der Waals surface area contributed by atoms with Crippen molar-refractivity contribution in [2.75, 3.05) is 0 Å². The van der Waals surface area contributed by atoms with Gasteiger partial charge in [-0.3, -0.25) is 10.1 Å². The molecule has 0 aliphatic carbocycles. The van der Waals surface area contributed by atoms with Crippen molar-refractivity contribution < 1.29 is 14.5 Å². The molecule has 0 saturated carbocycles. The van der Waals surface area contributed by atoms with Crippen LogP contribution in [0.4, 0.5) is 5.69 Å². The van der Waals surface area contributed by atoms with Crippen molar-refractivity contribution in [2.45, 2.75) is 6.61 Å². The number of fused-ring (bicyclic) bond motifs is 1. The second kappa shape index (κ2) is 7.58. The van der Waals surface area contributed by atoms with Crippen molar-refractivity contribution in [3.8, 4) is 10.6 Å². The SMILES string of the molecule is O=C(OCc1cccc([N+](=O)[O-])c1)c1cc(-c2cccs2)nc2ccccc12. The number of thiophene rings is 1. The van der Waals surface area contributed by atoms with Gasteiger partial charge in [0.1, 0.15) is 6.61 Å². The first-order chi connectivity index (χ1) is 13.6. The molecule has 0 unspecified atom stereocenters. The summed E-state index contributed by atoms with van der Waals surface area (Å²) in [6, 6.07) is 19.0. The van der Waals surface area contributed by atoms with Gasteiger partial charge in [-0.2, -0.15) is 0 Å². The maximum absolute atomic E-state index is 12.8. The number of rotatable bonds is 5. The number of pyridine rings is 1. The highest BCUT2D eigenvalue weighted by molar-refractivity contribution is 7.13. The Morgan fingerprint density at radius 1 is 1.07 bits per heavy atom. The Hall–Kier alpha value is -3.58. The molecule has 0 N–H and O–H groups in total. The highest BCUT2D eigenvalue weighted by Gasteiger charge is 2.16. The lowest BCUT2D eigenvalue weighted by atomic mass is 10.1. The standard InChI is InChI=1S/C21H14N2O4S/c24-21(27-13-14-5-3-6-15(11-14)23(25)26)17-12-19(20-9-4-10-28-20)22-18-8-2-1-7-16(17)18/h1-12H,13H2. The monoisotopic (exact) mass is 390 g/mol. The lowest BCUT2D eigenvalue weighted by Crippen LogP contribution is -2.07. The molecule has 0 atom stereocenters. The molecule has 4 rings (SSSR count). The number of non-ortho nitro benzene ring substituents is 1. The van der Waals surface area contributed by atoms with E-state index >= 15 is 0 Å². The molecule has 0 fully saturated rings. The first-order valence-electron chi connectivity index (χ1n) is 8.46. The molecule has 0 spiro atoms. The number of para-hydroxylation sites is 1. The summed E-state index contributed by atoms with van der Waals surface area (Å²) in [7, 11) is 0. The summed E-state index contributed by atoms with van der Waals surface area (Å²) in [6.07, 6.45) is 0. The van der Waals surface area contributed by atoms with E-state index in [1.54, 1.807) is 29.5 Å². The molecule has 0 aliphatic heterocycles. The van der Waals surface area contributed by atoms with Gasteiger partial charge in [0.25, 0.3) is 5.69 Å². The molecular weight excluding hydrogens is 376 g/mol. The number of hydrogen-bond acceptors (Lipinski definition) is 6. The van der Waals surface area contributed by atoms with E-state index in [0.717, 1.165) is 4.88 Å². The zero-order valence-corrected chi connectivity index (χ0v) is 15.4. The lowest BCUT2D eigenvalue weighted by Gasteiger charge is -2.09. The van der Waals surface area contributed by atoms with Crippen LogP contribution < -0.4 is 0 Å². The molecule has 2 heterocycles. The number of esters is 1. The van der Waals surface area contributed by atoms with E-state index in [1.807, 2.05) is 41.8 Å². The number of aromatic nitrogens is 1. The summed E-state index contributed by atoms with van der Waals surface area (Å²) in [5, 5.41) is 13.6. The van der Waals surface area contributed by atoms with Crippen LogP contribution >= 0.6 is 11.3 Å². The van der Waals surface area contributed by atoms with Crippen LogP contribution in [0.3, 0.4) is 0 Å². The molecular formula is C21H14N2O4S. The maximum atomic E-state index is 12.8. The van der Waals surface area contributed by atoms with E-state index in [2.05, 4.69) is 4.98 Å². The van der Waals surface area contributed by atoms with Crippen LogP contribution in [0.2, 0.25) is 0 Å². The fourth-order valence-electron chi connectivity index (χ4n) is 2.88. The van der Waals surface area contributed by atoms with Crippen molar-refractivity contribution in [2.24, 2.45) is 0 Å². The fourth-order valence-corrected chi connectivity index (χ4v) is 3.57. The molecule has 138 valence electrons. The van der Waals surface area contributed by atoms with Crippen LogP contribution in [0.25, 0.3) is 21.5 Å². The normalized spacial score (nSPS) is 10.7. The Morgan fingerprint density at radius 2 is 1.93 bits per heavy atom. The Labute approximate surface area is 164 Å². The molecule has 2 aromatic carbocycles. The van der Waals surface area contributed by atoms with Gasteiger partial charge >= 0.3 is 5.97 Å². The number of nitro groups is 1. The number of carbonyl (C=O) groups excluding carboxylic acids is 1. The largest absolute Gasteiger partial charge is 0.457 e. The average Bonchev–Trinajstić information content (AvgIpc) is 3.26. The van der Waals surface area contributed by atoms with Crippen LogP contribution in [0.15, 0.2) is 72.1 Å². The highest BCUT2D eigenvalue weighted by Crippen LogP contribution is 2.28. The van der Waals surface area contributed by atoms with E-state index in [1.165, 1.54) is 12.1 Å². The minimum atomic E-state index is -0.497. The van der Waals surface area contributed by atoms with Gasteiger partial charge in [0, 0.05) is 17.5 Å². The van der Waals surface area contributed by atoms with E-state index in [9.17, 15) is 14.9 Å². The maximum Gasteiger partial charge on any atom is 0.339 e. The number of benzene rings is 2. The summed E-state index contributed by atoms with van der Waals surface area (Å²) in [5.41, 5.74) is 2.34. The van der Waals surface area contributed by atoms with Gasteiger partial charge < -0.3 is 4.74 Å². The second-order valence-corrected chi connectivity index (χ2v) is 7.00. The molecule has 28 heavy (non-hydrogen) atoms. The average molecular weight is 390 g/mol. The highest BCUT2D eigenvalue weighted by atomic mass is 32.1. The first-order valence-corrected chi connectivity index (χ1v) is 9.34. The van der Waals surface area contributed by atoms with Crippen LogP contribution in [-0.2, 0) is 11.3 Å². The molecule has 6 nitrogen and oxygen atoms in total. The van der Waals surface area contributed by atoms with Gasteiger partial charge in [0.15, 0.2) is 0 Å². The van der Waals surface area contributed by atoms with Crippen LogP contribution in [0.1, 0.15) is 15.9 Å². The van der Waals surface area contributed by atoms with E-state index in [-0.39, 0.29) is 12.3 Å². The second-order valence-electron chi connectivity index (χ2n) is 6.05. The summed E-state index contributed by atoms with van der Waals surface area (Å²) < 4.78 is 5.44. The topological polar surface area (TPSA) is 82.3 Å². The van der Waals surface area contributed by atoms with Gasteiger partial charge in [-0.1, -0.05) is 36.4 Å². The van der Waals surface area contributed by atoms with Crippen LogP contribution in [-0.4, -0.2) is 15.9 Å². The van der Waals surface area contributed by atoms with Gasteiger partial charge in [0.2, 0.25) is 0 Å². The lowest BCUT2D eigenvalue weighted by molar-refractivity contribution is -0.384. The Morgan fingerprint density at radius 3 is 2.71 bits per heavy atom. The number of nitro benzene ring substituents is 1. The Bertz CT molecular complexity index is 1170. The molecule has 0 bridgehead atoms.